The fourth-order valence-electron chi connectivity index (χ4n) is 1.57. The van der Waals surface area contributed by atoms with Gasteiger partial charge in [-0.3, -0.25) is 4.18 Å². The van der Waals surface area contributed by atoms with Gasteiger partial charge in [-0.1, -0.05) is 19.3 Å². The molecule has 0 aromatic rings. The lowest BCUT2D eigenvalue weighted by atomic mass is 10.1. The molecule has 0 fully saturated rings. The van der Waals surface area contributed by atoms with E-state index in [0.29, 0.717) is 6.61 Å². The van der Waals surface area contributed by atoms with E-state index in [9.17, 15) is 13.2 Å². The third kappa shape index (κ3) is 17.3. The van der Waals surface area contributed by atoms with Gasteiger partial charge in [0.2, 0.25) is 0 Å². The van der Waals surface area contributed by atoms with Gasteiger partial charge in [-0.25, -0.2) is 4.79 Å². The molecule has 6 nitrogen and oxygen atoms in total. The second kappa shape index (κ2) is 10.1. The van der Waals surface area contributed by atoms with Crippen LogP contribution in [0.25, 0.3) is 0 Å². The Kier molecular flexibility index (Phi) is 9.81. The van der Waals surface area contributed by atoms with E-state index in [1.807, 2.05) is 20.8 Å². The fourth-order valence-corrected chi connectivity index (χ4v) is 1.99. The van der Waals surface area contributed by atoms with Crippen molar-refractivity contribution in [3.05, 3.63) is 0 Å². The molecule has 126 valence electrons. The van der Waals surface area contributed by atoms with Gasteiger partial charge in [0.05, 0.1) is 12.9 Å². The lowest BCUT2D eigenvalue weighted by Crippen LogP contribution is -2.26. The Bertz CT molecular complexity index is 383. The zero-order valence-electron chi connectivity index (χ0n) is 13.5. The number of carbonyl (C=O) groups excluding carboxylic acids is 1. The zero-order valence-corrected chi connectivity index (χ0v) is 14.3. The lowest BCUT2D eigenvalue weighted by molar-refractivity contribution is -0.160. The van der Waals surface area contributed by atoms with E-state index in [1.165, 1.54) is 0 Å². The van der Waals surface area contributed by atoms with E-state index in [-0.39, 0.29) is 19.2 Å². The maximum Gasteiger partial charge on any atom is 0.332 e. The van der Waals surface area contributed by atoms with Crippen molar-refractivity contribution in [3.8, 4) is 0 Å². The van der Waals surface area contributed by atoms with Gasteiger partial charge in [0, 0.05) is 6.61 Å². The van der Waals surface area contributed by atoms with E-state index in [2.05, 4.69) is 4.18 Å². The average Bonchev–Trinajstić information content (AvgIpc) is 2.27. The Morgan fingerprint density at radius 1 is 0.952 bits per heavy atom. The minimum atomic E-state index is -3.31. The van der Waals surface area contributed by atoms with Crippen LogP contribution in [-0.4, -0.2) is 46.1 Å². The van der Waals surface area contributed by atoms with Gasteiger partial charge in [0.25, 0.3) is 10.1 Å². The number of unbranched alkanes of at least 4 members (excludes halogenated alkanes) is 4. The van der Waals surface area contributed by atoms with Crippen molar-refractivity contribution in [2.45, 2.75) is 58.5 Å². The van der Waals surface area contributed by atoms with Crippen LogP contribution in [0.15, 0.2) is 0 Å². The van der Waals surface area contributed by atoms with Gasteiger partial charge in [-0.2, -0.15) is 8.42 Å². The predicted molar refractivity (Wildman–Crippen MR) is 80.5 cm³/mol. The first kappa shape index (κ1) is 20.3. The standard InChI is InChI=1S/C14H28O6S/c1-14(2,3)20-13(15)12-18-10-8-6-5-7-9-11-19-21(4,16)17/h5-12H2,1-4H3. The molecule has 0 spiro atoms. The maximum absolute atomic E-state index is 11.3. The van der Waals surface area contributed by atoms with Gasteiger partial charge >= 0.3 is 5.97 Å². The number of rotatable bonds is 11. The van der Waals surface area contributed by atoms with E-state index < -0.39 is 15.7 Å². The van der Waals surface area contributed by atoms with Crippen LogP contribution >= 0.6 is 0 Å². The van der Waals surface area contributed by atoms with Crippen LogP contribution in [-0.2, 0) is 28.6 Å². The normalized spacial score (nSPS) is 12.4. The Hall–Kier alpha value is -0.660. The van der Waals surface area contributed by atoms with Crippen molar-refractivity contribution >= 4 is 16.1 Å². The summed E-state index contributed by atoms with van der Waals surface area (Å²) in [5, 5.41) is 0. The van der Waals surface area contributed by atoms with Gasteiger partial charge in [-0.15, -0.1) is 0 Å². The van der Waals surface area contributed by atoms with Crippen molar-refractivity contribution in [3.63, 3.8) is 0 Å². The molecule has 0 radical (unpaired) electrons. The smallest absolute Gasteiger partial charge is 0.332 e. The summed E-state index contributed by atoms with van der Waals surface area (Å²) < 4.78 is 36.4. The summed E-state index contributed by atoms with van der Waals surface area (Å²) in [5.74, 6) is -0.347. The fraction of sp³-hybridized carbons (Fsp3) is 0.929. The van der Waals surface area contributed by atoms with Crippen molar-refractivity contribution in [1.82, 2.24) is 0 Å². The quantitative estimate of drug-likeness (QED) is 0.329. The SMILES string of the molecule is CC(C)(C)OC(=O)COCCCCCCCOS(C)(=O)=O. The van der Waals surface area contributed by atoms with E-state index in [0.717, 1.165) is 38.4 Å². The Labute approximate surface area is 128 Å². The summed E-state index contributed by atoms with van der Waals surface area (Å²) >= 11 is 0. The molecule has 0 aromatic heterocycles. The summed E-state index contributed by atoms with van der Waals surface area (Å²) in [5.41, 5.74) is -0.478. The van der Waals surface area contributed by atoms with Crippen LogP contribution in [0.4, 0.5) is 0 Å². The number of hydrogen-bond donors (Lipinski definition) is 0. The van der Waals surface area contributed by atoms with Crippen LogP contribution in [0.1, 0.15) is 52.9 Å². The van der Waals surface area contributed by atoms with Crippen LogP contribution in [0, 0.1) is 0 Å². The molecule has 0 amide bonds. The van der Waals surface area contributed by atoms with Crippen molar-refractivity contribution in [2.75, 3.05) is 26.1 Å². The average molecular weight is 324 g/mol. The second-order valence-corrected chi connectivity index (χ2v) is 7.58. The molecule has 0 unspecified atom stereocenters. The largest absolute Gasteiger partial charge is 0.458 e. The highest BCUT2D eigenvalue weighted by molar-refractivity contribution is 7.85. The highest BCUT2D eigenvalue weighted by atomic mass is 32.2. The summed E-state index contributed by atoms with van der Waals surface area (Å²) in [6, 6.07) is 0. The molecule has 0 rings (SSSR count). The molecule has 0 aliphatic rings. The minimum absolute atomic E-state index is 0.0144. The molecule has 0 aromatic carbocycles. The molecule has 0 atom stereocenters. The van der Waals surface area contributed by atoms with Crippen LogP contribution in [0.3, 0.4) is 0 Å². The molecule has 21 heavy (non-hydrogen) atoms. The highest BCUT2D eigenvalue weighted by Gasteiger charge is 2.15. The first-order chi connectivity index (χ1) is 9.60. The van der Waals surface area contributed by atoms with E-state index in [4.69, 9.17) is 9.47 Å². The third-order valence-electron chi connectivity index (χ3n) is 2.37. The van der Waals surface area contributed by atoms with Gasteiger partial charge < -0.3 is 9.47 Å². The molecule has 0 aliphatic carbocycles. The molecule has 7 heteroatoms. The van der Waals surface area contributed by atoms with E-state index in [1.54, 1.807) is 0 Å². The highest BCUT2D eigenvalue weighted by Crippen LogP contribution is 2.07. The second-order valence-electron chi connectivity index (χ2n) is 5.93. The van der Waals surface area contributed by atoms with Gasteiger partial charge in [0.15, 0.2) is 0 Å². The number of esters is 1. The number of carbonyl (C=O) groups is 1. The molecule has 0 heterocycles. The first-order valence-electron chi connectivity index (χ1n) is 7.24. The molecule has 0 saturated heterocycles. The molecule has 0 saturated carbocycles. The minimum Gasteiger partial charge on any atom is -0.458 e. The maximum atomic E-state index is 11.3. The van der Waals surface area contributed by atoms with Gasteiger partial charge in [-0.05, 0) is 33.6 Å². The topological polar surface area (TPSA) is 78.9 Å². The predicted octanol–water partition coefficient (Wildman–Crippen LogP) is 2.27. The van der Waals surface area contributed by atoms with Crippen LogP contribution < -0.4 is 0 Å². The monoisotopic (exact) mass is 324 g/mol. The number of ether oxygens (including phenoxy) is 2. The molecule has 0 N–H and O–H groups in total. The van der Waals surface area contributed by atoms with E-state index >= 15 is 0 Å². The Balaban J connectivity index is 3.32. The summed E-state index contributed by atoms with van der Waals surface area (Å²) in [7, 11) is -3.31. The van der Waals surface area contributed by atoms with Crippen molar-refractivity contribution in [1.29, 1.82) is 0 Å². The number of hydrogen-bond acceptors (Lipinski definition) is 6. The van der Waals surface area contributed by atoms with Crippen molar-refractivity contribution in [2.24, 2.45) is 0 Å². The lowest BCUT2D eigenvalue weighted by Gasteiger charge is -2.19. The molecular weight excluding hydrogens is 296 g/mol. The zero-order chi connectivity index (χ0) is 16.4. The Morgan fingerprint density at radius 3 is 2.00 bits per heavy atom. The third-order valence-corrected chi connectivity index (χ3v) is 2.97. The Morgan fingerprint density at radius 2 is 1.48 bits per heavy atom. The first-order valence-corrected chi connectivity index (χ1v) is 9.06. The summed E-state index contributed by atoms with van der Waals surface area (Å²) in [6.45, 7) is 6.21. The van der Waals surface area contributed by atoms with Gasteiger partial charge in [0.1, 0.15) is 12.2 Å². The molecular formula is C14H28O6S. The summed E-state index contributed by atoms with van der Waals surface area (Å²) in [6.07, 6.45) is 5.54. The van der Waals surface area contributed by atoms with Crippen molar-refractivity contribution < 1.29 is 26.9 Å². The summed E-state index contributed by atoms with van der Waals surface area (Å²) in [4.78, 5) is 11.3. The van der Waals surface area contributed by atoms with Crippen LogP contribution in [0.5, 0.6) is 0 Å². The van der Waals surface area contributed by atoms with Crippen LogP contribution in [0.2, 0.25) is 0 Å². The molecule has 0 bridgehead atoms. The molecule has 0 aliphatic heterocycles.